The third-order valence-corrected chi connectivity index (χ3v) is 3.43. The molecule has 0 aromatic rings. The molecule has 0 radical (unpaired) electrons. The fourth-order valence-electron chi connectivity index (χ4n) is 2.25. The Kier molecular flexibility index (Phi) is 7.77. The van der Waals surface area contributed by atoms with E-state index in [0.29, 0.717) is 6.10 Å². The fourth-order valence-corrected chi connectivity index (χ4v) is 2.25. The minimum atomic E-state index is 0.499. The largest absolute Gasteiger partial charge is 0.381 e. The van der Waals surface area contributed by atoms with Crippen molar-refractivity contribution < 1.29 is 4.74 Å². The van der Waals surface area contributed by atoms with Crippen LogP contribution in [0.3, 0.4) is 0 Å². The maximum Gasteiger partial charge on any atom is 0.0595 e. The van der Waals surface area contributed by atoms with Crippen LogP contribution in [0.5, 0.6) is 0 Å². The molecular weight excluding hydrogens is 214 g/mol. The summed E-state index contributed by atoms with van der Waals surface area (Å²) in [6.45, 7) is 6.98. The number of hydrogen-bond donors (Lipinski definition) is 1. The van der Waals surface area contributed by atoms with Gasteiger partial charge < -0.3 is 19.9 Å². The van der Waals surface area contributed by atoms with Gasteiger partial charge in [0.05, 0.1) is 6.10 Å². The second kappa shape index (κ2) is 8.86. The van der Waals surface area contributed by atoms with Crippen molar-refractivity contribution >= 4 is 0 Å². The van der Waals surface area contributed by atoms with Crippen LogP contribution in [0.25, 0.3) is 0 Å². The molecule has 0 aromatic carbocycles. The van der Waals surface area contributed by atoms with Crippen molar-refractivity contribution in [3.8, 4) is 0 Å². The highest BCUT2D eigenvalue weighted by Gasteiger charge is 2.17. The second-order valence-corrected chi connectivity index (χ2v) is 5.18. The number of ether oxygens (including phenoxy) is 1. The number of nitrogens with zero attached hydrogens (tertiary/aromatic N) is 2. The number of nitrogens with one attached hydrogen (secondary N) is 1. The molecule has 1 aliphatic heterocycles. The van der Waals surface area contributed by atoms with Gasteiger partial charge in [0.2, 0.25) is 0 Å². The van der Waals surface area contributed by atoms with Gasteiger partial charge in [0.25, 0.3) is 0 Å². The van der Waals surface area contributed by atoms with Gasteiger partial charge in [-0.2, -0.15) is 0 Å². The molecule has 0 aliphatic carbocycles. The minimum Gasteiger partial charge on any atom is -0.381 e. The fraction of sp³-hybridized carbons (Fsp3) is 1.00. The Hall–Kier alpha value is -0.160. The molecule has 4 heteroatoms. The van der Waals surface area contributed by atoms with Crippen LogP contribution in [0.4, 0.5) is 0 Å². The molecule has 1 heterocycles. The third kappa shape index (κ3) is 6.99. The molecule has 0 amide bonds. The van der Waals surface area contributed by atoms with E-state index in [2.05, 4.69) is 29.2 Å². The van der Waals surface area contributed by atoms with Crippen LogP contribution in [0.2, 0.25) is 0 Å². The molecule has 0 atom stereocenters. The Morgan fingerprint density at radius 1 is 1.24 bits per heavy atom. The average molecular weight is 243 g/mol. The lowest BCUT2D eigenvalue weighted by molar-refractivity contribution is 0.0415. The SMILES string of the molecule is COC1CCN(CCNCCCN(C)C)CC1. The predicted molar refractivity (Wildman–Crippen MR) is 72.5 cm³/mol. The number of rotatable bonds is 8. The molecule has 1 fully saturated rings. The zero-order valence-corrected chi connectivity index (χ0v) is 11.7. The zero-order chi connectivity index (χ0) is 12.5. The molecule has 17 heavy (non-hydrogen) atoms. The first-order chi connectivity index (χ1) is 8.22. The first kappa shape index (κ1) is 14.9. The van der Waals surface area contributed by atoms with E-state index < -0.39 is 0 Å². The summed E-state index contributed by atoms with van der Waals surface area (Å²) < 4.78 is 5.37. The van der Waals surface area contributed by atoms with E-state index in [1.807, 2.05) is 7.11 Å². The number of hydrogen-bond acceptors (Lipinski definition) is 4. The summed E-state index contributed by atoms with van der Waals surface area (Å²) in [6, 6.07) is 0. The standard InChI is InChI=1S/C13H29N3O/c1-15(2)9-4-7-14-8-12-16-10-5-13(17-3)6-11-16/h13-14H,4-12H2,1-3H3. The van der Waals surface area contributed by atoms with E-state index in [-0.39, 0.29) is 0 Å². The van der Waals surface area contributed by atoms with Crippen molar-refractivity contribution in [2.24, 2.45) is 0 Å². The van der Waals surface area contributed by atoms with E-state index in [4.69, 9.17) is 4.74 Å². The van der Waals surface area contributed by atoms with Gasteiger partial charge in [-0.3, -0.25) is 0 Å². The Morgan fingerprint density at radius 2 is 1.94 bits per heavy atom. The van der Waals surface area contributed by atoms with Crippen molar-refractivity contribution in [3.05, 3.63) is 0 Å². The Bertz CT molecular complexity index is 180. The van der Waals surface area contributed by atoms with Gasteiger partial charge in [-0.15, -0.1) is 0 Å². The van der Waals surface area contributed by atoms with Crippen LogP contribution in [0, 0.1) is 0 Å². The van der Waals surface area contributed by atoms with Gasteiger partial charge in [0, 0.05) is 33.3 Å². The average Bonchev–Trinajstić information content (AvgIpc) is 2.34. The summed E-state index contributed by atoms with van der Waals surface area (Å²) in [5.41, 5.74) is 0. The quantitative estimate of drug-likeness (QED) is 0.633. The highest BCUT2D eigenvalue weighted by atomic mass is 16.5. The van der Waals surface area contributed by atoms with Gasteiger partial charge in [-0.1, -0.05) is 0 Å². The normalized spacial score (nSPS) is 19.1. The van der Waals surface area contributed by atoms with Crippen molar-refractivity contribution in [2.75, 3.05) is 60.5 Å². The summed E-state index contributed by atoms with van der Waals surface area (Å²) in [4.78, 5) is 4.77. The molecule has 0 aromatic heterocycles. The van der Waals surface area contributed by atoms with E-state index in [1.165, 1.54) is 45.4 Å². The summed E-state index contributed by atoms with van der Waals surface area (Å²) >= 11 is 0. The predicted octanol–water partition coefficient (Wildman–Crippen LogP) is 0.639. The molecular formula is C13H29N3O. The Morgan fingerprint density at radius 3 is 2.53 bits per heavy atom. The van der Waals surface area contributed by atoms with Crippen molar-refractivity contribution in [3.63, 3.8) is 0 Å². The molecule has 0 unspecified atom stereocenters. The number of likely N-dealkylation sites (tertiary alicyclic amines) is 1. The number of methoxy groups -OCH3 is 1. The smallest absolute Gasteiger partial charge is 0.0595 e. The van der Waals surface area contributed by atoms with Crippen LogP contribution in [0.1, 0.15) is 19.3 Å². The maximum atomic E-state index is 5.37. The van der Waals surface area contributed by atoms with E-state index in [1.54, 1.807) is 0 Å². The number of piperidine rings is 1. The molecule has 0 bridgehead atoms. The van der Waals surface area contributed by atoms with Gasteiger partial charge >= 0.3 is 0 Å². The minimum absolute atomic E-state index is 0.499. The maximum absolute atomic E-state index is 5.37. The molecule has 1 aliphatic rings. The summed E-state index contributed by atoms with van der Waals surface area (Å²) in [6.07, 6.45) is 4.12. The van der Waals surface area contributed by atoms with Crippen molar-refractivity contribution in [2.45, 2.75) is 25.4 Å². The van der Waals surface area contributed by atoms with Crippen LogP contribution in [-0.2, 0) is 4.74 Å². The lowest BCUT2D eigenvalue weighted by Gasteiger charge is -2.31. The summed E-state index contributed by atoms with van der Waals surface area (Å²) in [5.74, 6) is 0. The van der Waals surface area contributed by atoms with E-state index >= 15 is 0 Å². The van der Waals surface area contributed by atoms with Gasteiger partial charge in [0.15, 0.2) is 0 Å². The van der Waals surface area contributed by atoms with Crippen LogP contribution in [0.15, 0.2) is 0 Å². The molecule has 102 valence electrons. The van der Waals surface area contributed by atoms with E-state index in [9.17, 15) is 0 Å². The summed E-state index contributed by atoms with van der Waals surface area (Å²) in [7, 11) is 6.08. The van der Waals surface area contributed by atoms with Crippen molar-refractivity contribution in [1.82, 2.24) is 15.1 Å². The lowest BCUT2D eigenvalue weighted by atomic mass is 10.1. The molecule has 0 spiro atoms. The summed E-state index contributed by atoms with van der Waals surface area (Å²) in [5, 5.41) is 3.51. The molecule has 1 saturated heterocycles. The first-order valence-corrected chi connectivity index (χ1v) is 6.83. The van der Waals surface area contributed by atoms with Crippen LogP contribution < -0.4 is 5.32 Å². The molecule has 0 saturated carbocycles. The second-order valence-electron chi connectivity index (χ2n) is 5.18. The van der Waals surface area contributed by atoms with Gasteiger partial charge in [-0.25, -0.2) is 0 Å². The van der Waals surface area contributed by atoms with Gasteiger partial charge in [-0.05, 0) is 46.4 Å². The highest BCUT2D eigenvalue weighted by molar-refractivity contribution is 4.72. The molecule has 1 N–H and O–H groups in total. The zero-order valence-electron chi connectivity index (χ0n) is 11.7. The Labute approximate surface area is 106 Å². The van der Waals surface area contributed by atoms with Gasteiger partial charge in [0.1, 0.15) is 0 Å². The monoisotopic (exact) mass is 243 g/mol. The Balaban J connectivity index is 1.90. The third-order valence-electron chi connectivity index (χ3n) is 3.43. The highest BCUT2D eigenvalue weighted by Crippen LogP contribution is 2.11. The van der Waals surface area contributed by atoms with Crippen LogP contribution in [-0.4, -0.2) is 76.4 Å². The van der Waals surface area contributed by atoms with E-state index in [0.717, 1.165) is 13.1 Å². The topological polar surface area (TPSA) is 27.7 Å². The van der Waals surface area contributed by atoms with Crippen molar-refractivity contribution in [1.29, 1.82) is 0 Å². The molecule has 4 nitrogen and oxygen atoms in total. The van der Waals surface area contributed by atoms with Crippen LogP contribution >= 0.6 is 0 Å². The lowest BCUT2D eigenvalue weighted by Crippen LogP contribution is -2.40. The molecule has 1 rings (SSSR count). The first-order valence-electron chi connectivity index (χ1n) is 6.83.